The van der Waals surface area contributed by atoms with E-state index in [1.807, 2.05) is 13.1 Å². The molecule has 1 amide bonds. The Morgan fingerprint density at radius 3 is 2.33 bits per heavy atom. The molecule has 0 radical (unpaired) electrons. The smallest absolute Gasteiger partial charge is 0.258 e. The Morgan fingerprint density at radius 2 is 1.67 bits per heavy atom. The summed E-state index contributed by atoms with van der Waals surface area (Å²) in [5.74, 6) is 0.534. The average Bonchev–Trinajstić information content (AvgIpc) is 2.73. The van der Waals surface area contributed by atoms with Gasteiger partial charge < -0.3 is 9.80 Å². The van der Waals surface area contributed by atoms with Crippen LogP contribution in [0.1, 0.15) is 30.6 Å². The van der Waals surface area contributed by atoms with Crippen molar-refractivity contribution in [3.8, 4) is 0 Å². The molecule has 1 aromatic heterocycles. The van der Waals surface area contributed by atoms with Gasteiger partial charge >= 0.3 is 0 Å². The Hall–Kier alpha value is -2.45. The minimum Gasteiger partial charge on any atom is -0.371 e. The van der Waals surface area contributed by atoms with Gasteiger partial charge in [-0.1, -0.05) is 13.8 Å². The summed E-state index contributed by atoms with van der Waals surface area (Å²) < 4.78 is 27.7. The second-order valence-corrected chi connectivity index (χ2v) is 10.5. The molecule has 1 fully saturated rings. The van der Waals surface area contributed by atoms with Crippen molar-refractivity contribution in [2.45, 2.75) is 25.2 Å². The van der Waals surface area contributed by atoms with Gasteiger partial charge in [-0.2, -0.15) is 4.31 Å². The zero-order valence-electron chi connectivity index (χ0n) is 17.7. The molecule has 2 aliphatic heterocycles. The molecule has 3 heterocycles. The highest BCUT2D eigenvalue weighted by Crippen LogP contribution is 2.32. The number of carbonyl (C=O) groups excluding carboxylic acids is 1. The van der Waals surface area contributed by atoms with E-state index >= 15 is 0 Å². The monoisotopic (exact) mass is 428 g/mol. The Kier molecular flexibility index (Phi) is 5.55. The van der Waals surface area contributed by atoms with Crippen molar-refractivity contribution in [1.82, 2.24) is 9.29 Å². The first-order chi connectivity index (χ1) is 14.3. The highest BCUT2D eigenvalue weighted by Gasteiger charge is 2.32. The maximum atomic E-state index is 13.1. The molecule has 0 spiro atoms. The third-order valence-electron chi connectivity index (χ3n) is 5.96. The van der Waals surface area contributed by atoms with Crippen molar-refractivity contribution in [3.05, 3.63) is 48.3 Å². The number of amides is 1. The van der Waals surface area contributed by atoms with E-state index in [0.29, 0.717) is 37.0 Å². The second kappa shape index (κ2) is 8.00. The molecule has 0 bridgehead atoms. The number of anilines is 2. The Labute approximate surface area is 178 Å². The van der Waals surface area contributed by atoms with Gasteiger partial charge in [0.25, 0.3) is 5.91 Å². The first-order valence-electron chi connectivity index (χ1n) is 10.3. The van der Waals surface area contributed by atoms with Gasteiger partial charge in [0.15, 0.2) is 0 Å². The van der Waals surface area contributed by atoms with Crippen LogP contribution in [0.5, 0.6) is 0 Å². The average molecular weight is 429 g/mol. The zero-order chi connectivity index (χ0) is 21.5. The summed E-state index contributed by atoms with van der Waals surface area (Å²) in [6, 6.07) is 8.21. The third kappa shape index (κ3) is 3.81. The lowest BCUT2D eigenvalue weighted by molar-refractivity contribution is 0.0986. The van der Waals surface area contributed by atoms with E-state index in [9.17, 15) is 13.2 Å². The molecule has 2 aromatic rings. The van der Waals surface area contributed by atoms with Crippen molar-refractivity contribution in [2.24, 2.45) is 11.8 Å². The van der Waals surface area contributed by atoms with E-state index in [4.69, 9.17) is 0 Å². The number of sulfonamides is 1. The van der Waals surface area contributed by atoms with Gasteiger partial charge in [0.2, 0.25) is 10.0 Å². The van der Waals surface area contributed by atoms with Crippen LogP contribution in [-0.2, 0) is 10.0 Å². The lowest BCUT2D eigenvalue weighted by Crippen LogP contribution is -2.43. The largest absolute Gasteiger partial charge is 0.371 e. The van der Waals surface area contributed by atoms with Crippen LogP contribution in [0.25, 0.3) is 0 Å². The van der Waals surface area contributed by atoms with Crippen LogP contribution in [0.3, 0.4) is 0 Å². The maximum Gasteiger partial charge on any atom is 0.258 e. The standard InChI is InChI=1S/C22H28N4O3S/c1-16-12-17(2)15-25(14-16)30(28,29)19-6-4-18(5-7-19)22(27)26-11-10-24(3)20-8-9-23-13-21(20)26/h4-9,13,16-17H,10-12,14-15H2,1-3H3. The van der Waals surface area contributed by atoms with Crippen LogP contribution in [0.15, 0.2) is 47.6 Å². The van der Waals surface area contributed by atoms with Crippen LogP contribution in [0.2, 0.25) is 0 Å². The number of likely N-dealkylation sites (N-methyl/N-ethyl adjacent to an activating group) is 1. The molecule has 1 saturated heterocycles. The van der Waals surface area contributed by atoms with E-state index in [-0.39, 0.29) is 10.8 Å². The summed E-state index contributed by atoms with van der Waals surface area (Å²) in [7, 11) is -1.57. The highest BCUT2D eigenvalue weighted by atomic mass is 32.2. The summed E-state index contributed by atoms with van der Waals surface area (Å²) in [5.41, 5.74) is 2.19. The lowest BCUT2D eigenvalue weighted by Gasteiger charge is -2.35. The van der Waals surface area contributed by atoms with E-state index in [1.165, 1.54) is 0 Å². The molecule has 8 heteroatoms. The van der Waals surface area contributed by atoms with Crippen LogP contribution < -0.4 is 9.80 Å². The van der Waals surface area contributed by atoms with Crippen molar-refractivity contribution in [3.63, 3.8) is 0 Å². The number of rotatable bonds is 3. The first-order valence-corrected chi connectivity index (χ1v) is 11.8. The normalized spacial score (nSPS) is 22.6. The number of benzene rings is 1. The second-order valence-electron chi connectivity index (χ2n) is 8.54. The molecule has 0 saturated carbocycles. The molecule has 7 nitrogen and oxygen atoms in total. The van der Waals surface area contributed by atoms with Crippen molar-refractivity contribution in [1.29, 1.82) is 0 Å². The molecule has 2 aliphatic rings. The van der Waals surface area contributed by atoms with E-state index in [2.05, 4.69) is 23.7 Å². The number of nitrogens with zero attached hydrogens (tertiary/aromatic N) is 4. The zero-order valence-corrected chi connectivity index (χ0v) is 18.5. The predicted octanol–water partition coefficient (Wildman–Crippen LogP) is 2.84. The van der Waals surface area contributed by atoms with E-state index in [1.54, 1.807) is 45.9 Å². The molecular weight excluding hydrogens is 400 g/mol. The molecule has 1 aromatic carbocycles. The van der Waals surface area contributed by atoms with E-state index < -0.39 is 10.0 Å². The minimum absolute atomic E-state index is 0.151. The number of hydrogen-bond donors (Lipinski definition) is 0. The van der Waals surface area contributed by atoms with Crippen molar-refractivity contribution >= 4 is 27.3 Å². The first kappa shape index (κ1) is 20.8. The molecular formula is C22H28N4O3S. The molecule has 4 rings (SSSR count). The van der Waals surface area contributed by atoms with Crippen molar-refractivity contribution < 1.29 is 13.2 Å². The summed E-state index contributed by atoms with van der Waals surface area (Å²) in [6.45, 7) is 6.53. The fraction of sp³-hybridized carbons (Fsp3) is 0.455. The molecule has 2 atom stereocenters. The highest BCUT2D eigenvalue weighted by molar-refractivity contribution is 7.89. The van der Waals surface area contributed by atoms with Crippen LogP contribution in [-0.4, -0.2) is 56.8 Å². The van der Waals surface area contributed by atoms with E-state index in [0.717, 1.165) is 24.3 Å². The summed E-state index contributed by atoms with van der Waals surface area (Å²) in [6.07, 6.45) is 4.45. The van der Waals surface area contributed by atoms with Gasteiger partial charge in [-0.05, 0) is 48.6 Å². The molecule has 0 N–H and O–H groups in total. The quantitative estimate of drug-likeness (QED) is 0.752. The van der Waals surface area contributed by atoms with Crippen LogP contribution in [0, 0.1) is 11.8 Å². The molecule has 160 valence electrons. The number of aromatic nitrogens is 1. The van der Waals surface area contributed by atoms with Gasteiger partial charge in [0.1, 0.15) is 0 Å². The summed E-state index contributed by atoms with van der Waals surface area (Å²) in [5, 5.41) is 0. The number of hydrogen-bond acceptors (Lipinski definition) is 5. The molecule has 30 heavy (non-hydrogen) atoms. The number of fused-ring (bicyclic) bond motifs is 1. The predicted molar refractivity (Wildman–Crippen MR) is 117 cm³/mol. The minimum atomic E-state index is -3.56. The van der Waals surface area contributed by atoms with Gasteiger partial charge in [0, 0.05) is 45.0 Å². The van der Waals surface area contributed by atoms with Gasteiger partial charge in [-0.3, -0.25) is 9.78 Å². The number of piperidine rings is 1. The van der Waals surface area contributed by atoms with Crippen LogP contribution >= 0.6 is 0 Å². The molecule has 2 unspecified atom stereocenters. The lowest BCUT2D eigenvalue weighted by atomic mass is 9.94. The Morgan fingerprint density at radius 1 is 1.00 bits per heavy atom. The molecule has 0 aliphatic carbocycles. The number of pyridine rings is 1. The van der Waals surface area contributed by atoms with Gasteiger partial charge in [-0.25, -0.2) is 8.42 Å². The Balaban J connectivity index is 1.57. The fourth-order valence-corrected chi connectivity index (χ4v) is 6.17. The van der Waals surface area contributed by atoms with Crippen LogP contribution in [0.4, 0.5) is 11.4 Å². The summed E-state index contributed by atoms with van der Waals surface area (Å²) >= 11 is 0. The fourth-order valence-electron chi connectivity index (χ4n) is 4.49. The Bertz CT molecular complexity index is 1030. The van der Waals surface area contributed by atoms with Crippen molar-refractivity contribution in [2.75, 3.05) is 43.0 Å². The number of carbonyl (C=O) groups is 1. The third-order valence-corrected chi connectivity index (χ3v) is 7.80. The van der Waals surface area contributed by atoms with Gasteiger partial charge in [0.05, 0.1) is 22.5 Å². The SMILES string of the molecule is CC1CC(C)CN(S(=O)(=O)c2ccc(C(=O)N3CCN(C)c4ccncc43)cc2)C1. The topological polar surface area (TPSA) is 73.8 Å². The maximum absolute atomic E-state index is 13.1. The van der Waals surface area contributed by atoms with Gasteiger partial charge in [-0.15, -0.1) is 0 Å². The summed E-state index contributed by atoms with van der Waals surface area (Å²) in [4.78, 5) is 21.3.